The van der Waals surface area contributed by atoms with Crippen molar-refractivity contribution in [3.05, 3.63) is 18.0 Å². The van der Waals surface area contributed by atoms with Gasteiger partial charge in [-0.15, -0.1) is 0 Å². The molecule has 0 amide bonds. The fourth-order valence-corrected chi connectivity index (χ4v) is 1.71. The number of halogens is 3. The van der Waals surface area contributed by atoms with Crippen molar-refractivity contribution in [3.63, 3.8) is 0 Å². The lowest BCUT2D eigenvalue weighted by molar-refractivity contribution is -0.138. The summed E-state index contributed by atoms with van der Waals surface area (Å²) in [6.07, 6.45) is -0.780. The Morgan fingerprint density at radius 1 is 1.29 bits per heavy atom. The highest BCUT2D eigenvalue weighted by Crippen LogP contribution is 2.28. The van der Waals surface area contributed by atoms with E-state index < -0.39 is 11.7 Å². The molecule has 2 N–H and O–H groups in total. The number of nitrogens with one attached hydrogen (secondary N) is 2. The van der Waals surface area contributed by atoms with Crippen LogP contribution in [-0.2, 0) is 6.18 Å². The zero-order valence-corrected chi connectivity index (χ0v) is 9.09. The topological polar surface area (TPSA) is 49.8 Å². The molecule has 0 aliphatic carbocycles. The molecule has 1 aromatic heterocycles. The maximum Gasteiger partial charge on any atom is 0.419 e. The van der Waals surface area contributed by atoms with Gasteiger partial charge in [0.1, 0.15) is 0 Å². The van der Waals surface area contributed by atoms with Crippen LogP contribution in [0.1, 0.15) is 18.4 Å². The second-order valence-corrected chi connectivity index (χ2v) is 3.98. The molecule has 1 saturated heterocycles. The maximum absolute atomic E-state index is 12.3. The minimum atomic E-state index is -4.38. The summed E-state index contributed by atoms with van der Waals surface area (Å²) in [5, 5.41) is 6.20. The third-order valence-electron chi connectivity index (χ3n) is 2.61. The molecule has 2 heterocycles. The standard InChI is InChI=1S/C10H13F3N4/c11-10(12,13)7-4-15-9(16-5-7)17-8-2-1-3-14-6-8/h4-5,8,14H,1-3,6H2,(H,15,16,17)/t8-/m0/s1. The molecule has 0 spiro atoms. The van der Waals surface area contributed by atoms with Gasteiger partial charge in [0.05, 0.1) is 5.56 Å². The van der Waals surface area contributed by atoms with Crippen LogP contribution >= 0.6 is 0 Å². The Bertz CT molecular complexity index is 357. The number of hydrogen-bond donors (Lipinski definition) is 2. The lowest BCUT2D eigenvalue weighted by Gasteiger charge is -2.23. The Morgan fingerprint density at radius 2 is 2.00 bits per heavy atom. The van der Waals surface area contributed by atoms with Crippen molar-refractivity contribution in [1.82, 2.24) is 15.3 Å². The molecule has 2 rings (SSSR count). The second kappa shape index (κ2) is 4.87. The van der Waals surface area contributed by atoms with E-state index in [1.54, 1.807) is 0 Å². The van der Waals surface area contributed by atoms with Crippen molar-refractivity contribution in [2.45, 2.75) is 25.1 Å². The number of aromatic nitrogens is 2. The monoisotopic (exact) mass is 246 g/mol. The molecular weight excluding hydrogens is 233 g/mol. The Labute approximate surface area is 96.7 Å². The van der Waals surface area contributed by atoms with Crippen LogP contribution in [0, 0.1) is 0 Å². The van der Waals surface area contributed by atoms with Gasteiger partial charge in [0.2, 0.25) is 5.95 Å². The fraction of sp³-hybridized carbons (Fsp3) is 0.600. The van der Waals surface area contributed by atoms with Gasteiger partial charge in [-0.25, -0.2) is 9.97 Å². The Kier molecular flexibility index (Phi) is 3.46. The first-order chi connectivity index (χ1) is 8.05. The van der Waals surface area contributed by atoms with Crippen molar-refractivity contribution in [3.8, 4) is 0 Å². The number of hydrogen-bond acceptors (Lipinski definition) is 4. The summed E-state index contributed by atoms with van der Waals surface area (Å²) in [6.45, 7) is 1.76. The molecule has 0 saturated carbocycles. The van der Waals surface area contributed by atoms with Crippen LogP contribution in [0.3, 0.4) is 0 Å². The molecule has 1 fully saturated rings. The van der Waals surface area contributed by atoms with Gasteiger partial charge in [0.15, 0.2) is 0 Å². The molecule has 7 heteroatoms. The number of piperidine rings is 1. The fourth-order valence-electron chi connectivity index (χ4n) is 1.71. The summed E-state index contributed by atoms with van der Waals surface area (Å²) >= 11 is 0. The summed E-state index contributed by atoms with van der Waals surface area (Å²) in [6, 6.07) is 0.181. The van der Waals surface area contributed by atoms with Gasteiger partial charge >= 0.3 is 6.18 Å². The smallest absolute Gasteiger partial charge is 0.350 e. The van der Waals surface area contributed by atoms with Crippen LogP contribution in [0.4, 0.5) is 19.1 Å². The molecule has 0 aromatic carbocycles. The van der Waals surface area contributed by atoms with Crippen LogP contribution in [0.5, 0.6) is 0 Å². The summed E-state index contributed by atoms with van der Waals surface area (Å²) < 4.78 is 36.8. The Morgan fingerprint density at radius 3 is 2.53 bits per heavy atom. The highest BCUT2D eigenvalue weighted by atomic mass is 19.4. The zero-order valence-electron chi connectivity index (χ0n) is 9.09. The average Bonchev–Trinajstić information content (AvgIpc) is 2.30. The van der Waals surface area contributed by atoms with Gasteiger partial charge in [0.25, 0.3) is 0 Å². The van der Waals surface area contributed by atoms with E-state index in [2.05, 4.69) is 20.6 Å². The molecule has 4 nitrogen and oxygen atoms in total. The first-order valence-corrected chi connectivity index (χ1v) is 5.42. The molecule has 0 radical (unpaired) electrons. The molecule has 17 heavy (non-hydrogen) atoms. The minimum absolute atomic E-state index is 0.181. The van der Waals surface area contributed by atoms with Crippen molar-refractivity contribution in [2.75, 3.05) is 18.4 Å². The maximum atomic E-state index is 12.3. The van der Waals surface area contributed by atoms with E-state index >= 15 is 0 Å². The minimum Gasteiger partial charge on any atom is -0.350 e. The molecule has 1 aliphatic rings. The molecule has 0 bridgehead atoms. The van der Waals surface area contributed by atoms with Gasteiger partial charge in [0, 0.05) is 25.0 Å². The summed E-state index contributed by atoms with van der Waals surface area (Å²) in [5.41, 5.74) is -0.829. The third-order valence-corrected chi connectivity index (χ3v) is 2.61. The van der Waals surface area contributed by atoms with E-state index in [1.807, 2.05) is 0 Å². The summed E-state index contributed by atoms with van der Waals surface area (Å²) in [5.74, 6) is 0.242. The number of rotatable bonds is 2. The van der Waals surface area contributed by atoms with Crippen molar-refractivity contribution in [2.24, 2.45) is 0 Å². The number of nitrogens with zero attached hydrogens (tertiary/aromatic N) is 2. The van der Waals surface area contributed by atoms with E-state index in [1.165, 1.54) is 0 Å². The largest absolute Gasteiger partial charge is 0.419 e. The van der Waals surface area contributed by atoms with E-state index in [9.17, 15) is 13.2 Å². The van der Waals surface area contributed by atoms with Crippen LogP contribution < -0.4 is 10.6 Å². The van der Waals surface area contributed by atoms with Gasteiger partial charge in [-0.05, 0) is 19.4 Å². The zero-order chi connectivity index (χ0) is 12.3. The SMILES string of the molecule is FC(F)(F)c1cnc(N[C@H]2CCCNC2)nc1. The summed E-state index contributed by atoms with van der Waals surface area (Å²) in [7, 11) is 0. The normalized spacial score (nSPS) is 21.2. The summed E-state index contributed by atoms with van der Waals surface area (Å²) in [4.78, 5) is 7.34. The quantitative estimate of drug-likeness (QED) is 0.833. The highest BCUT2D eigenvalue weighted by Gasteiger charge is 2.31. The second-order valence-electron chi connectivity index (χ2n) is 3.98. The van der Waals surface area contributed by atoms with Gasteiger partial charge in [-0.3, -0.25) is 0 Å². The van der Waals surface area contributed by atoms with Crippen LogP contribution in [0.15, 0.2) is 12.4 Å². The molecule has 94 valence electrons. The molecular formula is C10H13F3N4. The molecule has 1 atom stereocenters. The molecule has 1 aliphatic heterocycles. The average molecular weight is 246 g/mol. The van der Waals surface area contributed by atoms with Gasteiger partial charge < -0.3 is 10.6 Å². The van der Waals surface area contributed by atoms with Gasteiger partial charge in [-0.1, -0.05) is 0 Å². The molecule has 1 aromatic rings. The van der Waals surface area contributed by atoms with E-state index in [0.29, 0.717) is 0 Å². The van der Waals surface area contributed by atoms with E-state index in [0.717, 1.165) is 38.3 Å². The lowest BCUT2D eigenvalue weighted by atomic mass is 10.1. The van der Waals surface area contributed by atoms with E-state index in [4.69, 9.17) is 0 Å². The van der Waals surface area contributed by atoms with Gasteiger partial charge in [-0.2, -0.15) is 13.2 Å². The number of anilines is 1. The van der Waals surface area contributed by atoms with Crippen LogP contribution in [-0.4, -0.2) is 29.1 Å². The third kappa shape index (κ3) is 3.29. The first-order valence-electron chi connectivity index (χ1n) is 5.42. The Balaban J connectivity index is 1.98. The highest BCUT2D eigenvalue weighted by molar-refractivity contribution is 5.27. The van der Waals surface area contributed by atoms with Crippen molar-refractivity contribution in [1.29, 1.82) is 0 Å². The van der Waals surface area contributed by atoms with Crippen LogP contribution in [0.2, 0.25) is 0 Å². The first kappa shape index (κ1) is 12.1. The number of alkyl halides is 3. The Hall–Kier alpha value is -1.37. The predicted molar refractivity (Wildman–Crippen MR) is 56.5 cm³/mol. The van der Waals surface area contributed by atoms with Crippen molar-refractivity contribution >= 4 is 5.95 Å². The lowest BCUT2D eigenvalue weighted by Crippen LogP contribution is -2.38. The molecule has 0 unspecified atom stereocenters. The predicted octanol–water partition coefficient (Wildman–Crippen LogP) is 1.66. The van der Waals surface area contributed by atoms with Crippen LogP contribution in [0.25, 0.3) is 0 Å². The van der Waals surface area contributed by atoms with Crippen molar-refractivity contribution < 1.29 is 13.2 Å². The van der Waals surface area contributed by atoms with E-state index in [-0.39, 0.29) is 12.0 Å².